The summed E-state index contributed by atoms with van der Waals surface area (Å²) in [5.41, 5.74) is 2.95. The van der Waals surface area contributed by atoms with Gasteiger partial charge in [-0.3, -0.25) is 0 Å². The molecule has 0 aliphatic heterocycles. The Morgan fingerprint density at radius 3 is 1.93 bits per heavy atom. The summed E-state index contributed by atoms with van der Waals surface area (Å²) in [4.78, 5) is 0. The van der Waals surface area contributed by atoms with E-state index < -0.39 is 0 Å². The third kappa shape index (κ3) is 2.62. The van der Waals surface area contributed by atoms with Crippen molar-refractivity contribution in [3.05, 3.63) is 0 Å². The van der Waals surface area contributed by atoms with Crippen LogP contribution in [0.2, 0.25) is 0 Å². The molecule has 0 amide bonds. The smallest absolute Gasteiger partial charge is 0.0235 e. The molecule has 0 aromatic rings. The summed E-state index contributed by atoms with van der Waals surface area (Å²) in [6.07, 6.45) is 18.2. The number of rotatable bonds is 0. The number of hydrogen-bond acceptors (Lipinski definition) is 0. The Labute approximate surface area is 182 Å². The van der Waals surface area contributed by atoms with Gasteiger partial charge >= 0.3 is 0 Å². The molecule has 0 spiro atoms. The van der Waals surface area contributed by atoms with Crippen LogP contribution in [0.15, 0.2) is 0 Å². The van der Waals surface area contributed by atoms with E-state index >= 15 is 0 Å². The van der Waals surface area contributed by atoms with Gasteiger partial charge in [0.2, 0.25) is 0 Å². The molecule has 5 rings (SSSR count). The normalized spacial score (nSPS) is 55.8. The molecule has 5 saturated carbocycles. The van der Waals surface area contributed by atoms with Crippen molar-refractivity contribution in [2.45, 2.75) is 126 Å². The van der Waals surface area contributed by atoms with Crippen LogP contribution in [-0.2, 0) is 0 Å². The lowest BCUT2D eigenvalue weighted by Gasteiger charge is -2.72. The number of hydrogen-bond donors (Lipinski definition) is 0. The molecule has 5 aliphatic carbocycles. The van der Waals surface area contributed by atoms with Crippen molar-refractivity contribution in [1.82, 2.24) is 0 Å². The molecule has 0 heteroatoms. The molecule has 0 N–H and O–H groups in total. The Morgan fingerprint density at radius 1 is 0.483 bits per heavy atom. The second kappa shape index (κ2) is 6.28. The van der Waals surface area contributed by atoms with Crippen LogP contribution in [0.25, 0.3) is 0 Å². The first-order valence-corrected chi connectivity index (χ1v) is 13.5. The van der Waals surface area contributed by atoms with E-state index in [1.807, 2.05) is 0 Å². The van der Waals surface area contributed by atoms with Gasteiger partial charge in [0.05, 0.1) is 0 Å². The van der Waals surface area contributed by atoms with E-state index in [4.69, 9.17) is 0 Å². The van der Waals surface area contributed by atoms with Gasteiger partial charge in [0.15, 0.2) is 0 Å². The average Bonchev–Trinajstić information content (AvgIpc) is 2.61. The molecule has 0 saturated heterocycles. The molecule has 166 valence electrons. The standard InChI is InChI=1S/C29H50/c1-25(2)15-8-10-20-21(25)13-18-28(6)22(20)11-12-24-27(5)17-9-16-26(3,4)23(27)14-19-29(24,28)7/h20-24H,8-19H2,1-7H3/t20-,21+,22+,23-,24+,27-,28+,29+/m0/s1. The van der Waals surface area contributed by atoms with Gasteiger partial charge in [-0.15, -0.1) is 0 Å². The van der Waals surface area contributed by atoms with E-state index in [1.165, 1.54) is 57.8 Å². The van der Waals surface area contributed by atoms with E-state index in [1.54, 1.807) is 19.3 Å². The van der Waals surface area contributed by atoms with E-state index in [-0.39, 0.29) is 0 Å². The molecule has 0 bridgehead atoms. The molecule has 5 aliphatic rings. The highest BCUT2D eigenvalue weighted by atomic mass is 14.7. The Hall–Kier alpha value is 0. The van der Waals surface area contributed by atoms with E-state index in [0.717, 1.165) is 29.6 Å². The molecule has 5 fully saturated rings. The van der Waals surface area contributed by atoms with Gasteiger partial charge in [0.1, 0.15) is 0 Å². The predicted molar refractivity (Wildman–Crippen MR) is 125 cm³/mol. The van der Waals surface area contributed by atoms with Gasteiger partial charge in [-0.1, -0.05) is 61.3 Å². The van der Waals surface area contributed by atoms with Crippen molar-refractivity contribution in [3.8, 4) is 0 Å². The van der Waals surface area contributed by atoms with Crippen LogP contribution < -0.4 is 0 Å². The van der Waals surface area contributed by atoms with Crippen molar-refractivity contribution >= 4 is 0 Å². The average molecular weight is 399 g/mol. The van der Waals surface area contributed by atoms with Crippen LogP contribution in [0.4, 0.5) is 0 Å². The van der Waals surface area contributed by atoms with Crippen molar-refractivity contribution in [1.29, 1.82) is 0 Å². The fourth-order valence-corrected chi connectivity index (χ4v) is 11.5. The van der Waals surface area contributed by atoms with Gasteiger partial charge in [0.25, 0.3) is 0 Å². The Bertz CT molecular complexity index is 657. The second-order valence-electron chi connectivity index (χ2n) is 14.7. The summed E-state index contributed by atoms with van der Waals surface area (Å²) in [5, 5.41) is 0. The molecule has 0 aromatic carbocycles. The highest BCUT2D eigenvalue weighted by Crippen LogP contribution is 2.75. The minimum Gasteiger partial charge on any atom is -0.0596 e. The lowest BCUT2D eigenvalue weighted by molar-refractivity contribution is -0.236. The number of fused-ring (bicyclic) bond motifs is 7. The second-order valence-corrected chi connectivity index (χ2v) is 14.7. The van der Waals surface area contributed by atoms with Gasteiger partial charge in [-0.2, -0.15) is 0 Å². The largest absolute Gasteiger partial charge is 0.0596 e. The zero-order chi connectivity index (χ0) is 20.9. The summed E-state index contributed by atoms with van der Waals surface area (Å²) in [6.45, 7) is 18.8. The molecule has 0 unspecified atom stereocenters. The van der Waals surface area contributed by atoms with Crippen LogP contribution in [-0.4, -0.2) is 0 Å². The van der Waals surface area contributed by atoms with Crippen molar-refractivity contribution in [2.24, 2.45) is 56.7 Å². The summed E-state index contributed by atoms with van der Waals surface area (Å²) in [7, 11) is 0. The maximum atomic E-state index is 2.81. The van der Waals surface area contributed by atoms with Crippen molar-refractivity contribution in [3.63, 3.8) is 0 Å². The Kier molecular flexibility index (Phi) is 4.52. The highest BCUT2D eigenvalue weighted by molar-refractivity contribution is 5.16. The van der Waals surface area contributed by atoms with Crippen LogP contribution in [0, 0.1) is 56.7 Å². The molecule has 0 radical (unpaired) electrons. The summed E-state index contributed by atoms with van der Waals surface area (Å²) in [5.74, 6) is 4.99. The summed E-state index contributed by atoms with van der Waals surface area (Å²) in [6, 6.07) is 0. The monoisotopic (exact) mass is 398 g/mol. The van der Waals surface area contributed by atoms with Crippen molar-refractivity contribution in [2.75, 3.05) is 0 Å². The van der Waals surface area contributed by atoms with Crippen LogP contribution in [0.1, 0.15) is 126 Å². The van der Waals surface area contributed by atoms with Gasteiger partial charge in [-0.25, -0.2) is 0 Å². The predicted octanol–water partition coefficient (Wildman–Crippen LogP) is 8.89. The SMILES string of the molecule is CC1(C)CCC[C@H]2[C@H]1CC[C@]1(C)[C@@H]2CC[C@@H]2[C@@]3(C)CCCC(C)(C)[C@@H]3CC[C@]21C. The lowest BCUT2D eigenvalue weighted by atomic mass is 9.32. The highest BCUT2D eigenvalue weighted by Gasteiger charge is 2.67. The molecular formula is C29H50. The molecule has 0 aromatic heterocycles. The van der Waals surface area contributed by atoms with E-state index in [0.29, 0.717) is 27.1 Å². The fraction of sp³-hybridized carbons (Fsp3) is 1.00. The van der Waals surface area contributed by atoms with Gasteiger partial charge in [-0.05, 0) is 121 Å². The molecule has 29 heavy (non-hydrogen) atoms. The summed E-state index contributed by atoms with van der Waals surface area (Å²) < 4.78 is 0. The molecule has 0 heterocycles. The first-order valence-electron chi connectivity index (χ1n) is 13.5. The first kappa shape index (κ1) is 20.9. The zero-order valence-corrected chi connectivity index (χ0v) is 20.9. The maximum absolute atomic E-state index is 2.81. The summed E-state index contributed by atoms with van der Waals surface area (Å²) >= 11 is 0. The van der Waals surface area contributed by atoms with Crippen LogP contribution in [0.5, 0.6) is 0 Å². The quantitative estimate of drug-likeness (QED) is 0.382. The van der Waals surface area contributed by atoms with Crippen LogP contribution in [0.3, 0.4) is 0 Å². The Morgan fingerprint density at radius 2 is 1.17 bits per heavy atom. The fourth-order valence-electron chi connectivity index (χ4n) is 11.5. The van der Waals surface area contributed by atoms with E-state index in [9.17, 15) is 0 Å². The minimum absolute atomic E-state index is 0.567. The zero-order valence-electron chi connectivity index (χ0n) is 20.9. The minimum atomic E-state index is 0.567. The van der Waals surface area contributed by atoms with Crippen LogP contribution >= 0.6 is 0 Å². The van der Waals surface area contributed by atoms with Crippen molar-refractivity contribution < 1.29 is 0 Å². The lowest BCUT2D eigenvalue weighted by Crippen LogP contribution is -2.65. The topological polar surface area (TPSA) is 0 Å². The van der Waals surface area contributed by atoms with Gasteiger partial charge in [0, 0.05) is 0 Å². The van der Waals surface area contributed by atoms with E-state index in [2.05, 4.69) is 48.5 Å². The third-order valence-electron chi connectivity index (χ3n) is 13.1. The van der Waals surface area contributed by atoms with Gasteiger partial charge < -0.3 is 0 Å². The maximum Gasteiger partial charge on any atom is -0.0235 e. The molecule has 8 atom stereocenters. The molecular weight excluding hydrogens is 348 g/mol. The molecule has 0 nitrogen and oxygen atoms in total. The first-order chi connectivity index (χ1) is 13.5. The third-order valence-corrected chi connectivity index (χ3v) is 13.1. The Balaban J connectivity index is 1.51.